The second kappa shape index (κ2) is 7.47. The second-order valence-electron chi connectivity index (χ2n) is 6.43. The molecule has 1 aliphatic carbocycles. The Hall–Kier alpha value is -1.69. The number of hydrogen-bond acceptors (Lipinski definition) is 4. The molecule has 24 heavy (non-hydrogen) atoms. The minimum atomic E-state index is -0.193. The predicted molar refractivity (Wildman–Crippen MR) is 95.1 cm³/mol. The number of amides is 1. The highest BCUT2D eigenvalue weighted by atomic mass is 32.2. The van der Waals surface area contributed by atoms with Crippen LogP contribution in [0.15, 0.2) is 28.0 Å². The van der Waals surface area contributed by atoms with Gasteiger partial charge in [0.25, 0.3) is 0 Å². The molecule has 3 rings (SSSR count). The van der Waals surface area contributed by atoms with Crippen molar-refractivity contribution in [2.24, 2.45) is 0 Å². The van der Waals surface area contributed by atoms with Gasteiger partial charge in [-0.1, -0.05) is 24.6 Å². The summed E-state index contributed by atoms with van der Waals surface area (Å²) in [4.78, 5) is 17.1. The number of nitrogens with one attached hydrogen (secondary N) is 1. The molecule has 1 aliphatic rings. The van der Waals surface area contributed by atoms with E-state index in [1.807, 2.05) is 26.0 Å². The number of carbonyl (C=O) groups excluding carboxylic acids is 1. The molecule has 1 N–H and O–H groups in total. The molecule has 0 bridgehead atoms. The summed E-state index contributed by atoms with van der Waals surface area (Å²) in [5.74, 6) is 0.771. The van der Waals surface area contributed by atoms with Gasteiger partial charge in [-0.2, -0.15) is 0 Å². The lowest BCUT2D eigenvalue weighted by molar-refractivity contribution is -0.120. The lowest BCUT2D eigenvalue weighted by atomic mass is 10.2. The van der Waals surface area contributed by atoms with E-state index >= 15 is 0 Å². The average Bonchev–Trinajstić information content (AvgIpc) is 3.29. The van der Waals surface area contributed by atoms with E-state index in [0.29, 0.717) is 12.6 Å². The van der Waals surface area contributed by atoms with Gasteiger partial charge in [0.1, 0.15) is 5.76 Å². The van der Waals surface area contributed by atoms with Crippen LogP contribution in [0, 0.1) is 13.8 Å². The number of rotatable bonds is 6. The number of furan rings is 1. The molecule has 2 heterocycles. The van der Waals surface area contributed by atoms with E-state index in [-0.39, 0.29) is 11.2 Å². The van der Waals surface area contributed by atoms with Gasteiger partial charge in [0.2, 0.25) is 5.91 Å². The van der Waals surface area contributed by atoms with Crippen LogP contribution in [0.4, 0.5) is 0 Å². The van der Waals surface area contributed by atoms with Crippen molar-refractivity contribution in [3.63, 3.8) is 0 Å². The molecular weight excluding hydrogens is 322 g/mol. The van der Waals surface area contributed by atoms with Crippen LogP contribution >= 0.6 is 11.8 Å². The zero-order chi connectivity index (χ0) is 17.1. The zero-order valence-electron chi connectivity index (χ0n) is 14.5. The molecule has 5 nitrogen and oxygen atoms in total. The summed E-state index contributed by atoms with van der Waals surface area (Å²) in [6.45, 7) is 6.53. The van der Waals surface area contributed by atoms with Crippen molar-refractivity contribution in [3.8, 4) is 0 Å². The van der Waals surface area contributed by atoms with E-state index in [2.05, 4.69) is 16.8 Å². The van der Waals surface area contributed by atoms with Crippen molar-refractivity contribution in [2.75, 3.05) is 0 Å². The minimum Gasteiger partial charge on any atom is -0.467 e. The Morgan fingerprint density at radius 1 is 1.46 bits per heavy atom. The van der Waals surface area contributed by atoms with Crippen LogP contribution in [0.5, 0.6) is 0 Å². The summed E-state index contributed by atoms with van der Waals surface area (Å²) in [7, 11) is 0. The van der Waals surface area contributed by atoms with Gasteiger partial charge in [0.05, 0.1) is 23.8 Å². The lowest BCUT2D eigenvalue weighted by Crippen LogP contribution is -2.30. The smallest absolute Gasteiger partial charge is 0.233 e. The van der Waals surface area contributed by atoms with Crippen LogP contribution in [-0.2, 0) is 11.3 Å². The third-order valence-corrected chi connectivity index (χ3v) is 5.78. The Kier molecular flexibility index (Phi) is 5.33. The molecular formula is C18H25N3O2S. The number of nitrogens with zero attached hydrogens (tertiary/aromatic N) is 2. The number of thioether (sulfide) groups is 1. The van der Waals surface area contributed by atoms with E-state index in [0.717, 1.165) is 16.6 Å². The van der Waals surface area contributed by atoms with Crippen LogP contribution in [0.25, 0.3) is 0 Å². The van der Waals surface area contributed by atoms with Crippen LogP contribution in [0.1, 0.15) is 55.8 Å². The number of carbonyl (C=O) groups is 1. The average molecular weight is 347 g/mol. The van der Waals surface area contributed by atoms with Crippen molar-refractivity contribution in [3.05, 3.63) is 35.5 Å². The van der Waals surface area contributed by atoms with Gasteiger partial charge < -0.3 is 14.3 Å². The highest BCUT2D eigenvalue weighted by molar-refractivity contribution is 8.00. The van der Waals surface area contributed by atoms with Crippen LogP contribution in [0.2, 0.25) is 0 Å². The summed E-state index contributed by atoms with van der Waals surface area (Å²) in [6.07, 6.45) is 6.60. The molecule has 1 amide bonds. The van der Waals surface area contributed by atoms with Crippen molar-refractivity contribution in [1.29, 1.82) is 0 Å². The topological polar surface area (TPSA) is 60.1 Å². The Morgan fingerprint density at radius 2 is 2.21 bits per heavy atom. The standard InChI is InChI=1S/C18H25N3O2S/c1-12-13(2)21(15-7-4-5-8-15)18(20-12)24-14(3)17(22)19-11-16-9-6-10-23-16/h6,9-10,14-15H,4-5,7-8,11H2,1-3H3,(H,19,22)/t14-/m1/s1. The van der Waals surface area contributed by atoms with Gasteiger partial charge in [0, 0.05) is 11.7 Å². The maximum absolute atomic E-state index is 12.4. The molecule has 0 spiro atoms. The van der Waals surface area contributed by atoms with E-state index in [1.165, 1.54) is 31.4 Å². The van der Waals surface area contributed by atoms with E-state index in [9.17, 15) is 4.79 Å². The number of aromatic nitrogens is 2. The summed E-state index contributed by atoms with van der Waals surface area (Å²) >= 11 is 1.55. The normalized spacial score (nSPS) is 16.5. The van der Waals surface area contributed by atoms with Crippen molar-refractivity contribution < 1.29 is 9.21 Å². The fourth-order valence-electron chi connectivity index (χ4n) is 3.21. The Bertz CT molecular complexity index is 687. The van der Waals surface area contributed by atoms with Crippen LogP contribution < -0.4 is 5.32 Å². The van der Waals surface area contributed by atoms with Gasteiger partial charge >= 0.3 is 0 Å². The molecule has 0 aromatic carbocycles. The highest BCUT2D eigenvalue weighted by Gasteiger charge is 2.25. The molecule has 130 valence electrons. The molecule has 0 unspecified atom stereocenters. The highest BCUT2D eigenvalue weighted by Crippen LogP contribution is 2.36. The SMILES string of the molecule is Cc1nc(S[C@H](C)C(=O)NCc2ccco2)n(C2CCCC2)c1C. The van der Waals surface area contributed by atoms with Crippen molar-refractivity contribution >= 4 is 17.7 Å². The molecule has 6 heteroatoms. The fourth-order valence-corrected chi connectivity index (χ4v) is 4.31. The lowest BCUT2D eigenvalue weighted by Gasteiger charge is -2.18. The van der Waals surface area contributed by atoms with Crippen LogP contribution in [0.3, 0.4) is 0 Å². The Morgan fingerprint density at radius 3 is 2.88 bits per heavy atom. The predicted octanol–water partition coefficient (Wildman–Crippen LogP) is 4.01. The third-order valence-electron chi connectivity index (χ3n) is 4.71. The fraction of sp³-hybridized carbons (Fsp3) is 0.556. The molecule has 1 atom stereocenters. The molecule has 0 aliphatic heterocycles. The van der Waals surface area contributed by atoms with E-state index in [1.54, 1.807) is 18.0 Å². The first-order valence-electron chi connectivity index (χ1n) is 8.58. The quantitative estimate of drug-likeness (QED) is 0.802. The largest absolute Gasteiger partial charge is 0.467 e. The monoisotopic (exact) mass is 347 g/mol. The van der Waals surface area contributed by atoms with Crippen LogP contribution in [-0.4, -0.2) is 20.7 Å². The number of aryl methyl sites for hydroxylation is 1. The van der Waals surface area contributed by atoms with Gasteiger partial charge in [-0.05, 0) is 45.7 Å². The van der Waals surface area contributed by atoms with Gasteiger partial charge in [-0.25, -0.2) is 4.98 Å². The zero-order valence-corrected chi connectivity index (χ0v) is 15.4. The molecule has 1 saturated carbocycles. The molecule has 0 radical (unpaired) electrons. The van der Waals surface area contributed by atoms with E-state index in [4.69, 9.17) is 9.40 Å². The third kappa shape index (κ3) is 3.69. The summed E-state index contributed by atoms with van der Waals surface area (Å²) in [6, 6.07) is 4.22. The van der Waals surface area contributed by atoms with Crippen molar-refractivity contribution in [1.82, 2.24) is 14.9 Å². The minimum absolute atomic E-state index is 0.00711. The van der Waals surface area contributed by atoms with Crippen molar-refractivity contribution in [2.45, 2.75) is 69.4 Å². The summed E-state index contributed by atoms with van der Waals surface area (Å²) in [5.41, 5.74) is 2.29. The first-order chi connectivity index (χ1) is 11.6. The van der Waals surface area contributed by atoms with Gasteiger partial charge in [-0.15, -0.1) is 0 Å². The molecule has 2 aromatic rings. The molecule has 2 aromatic heterocycles. The molecule has 1 fully saturated rings. The maximum atomic E-state index is 12.4. The molecule has 0 saturated heterocycles. The number of hydrogen-bond donors (Lipinski definition) is 1. The maximum Gasteiger partial charge on any atom is 0.233 e. The summed E-state index contributed by atoms with van der Waals surface area (Å²) < 4.78 is 7.60. The van der Waals surface area contributed by atoms with Gasteiger partial charge in [-0.3, -0.25) is 4.79 Å². The van der Waals surface area contributed by atoms with Gasteiger partial charge in [0.15, 0.2) is 5.16 Å². The first kappa shape index (κ1) is 17.1. The number of imidazole rings is 1. The second-order valence-corrected chi connectivity index (χ2v) is 7.74. The Balaban J connectivity index is 1.66. The summed E-state index contributed by atoms with van der Waals surface area (Å²) in [5, 5.41) is 3.70. The Labute approximate surface area is 147 Å². The first-order valence-corrected chi connectivity index (χ1v) is 9.46. The van der Waals surface area contributed by atoms with E-state index < -0.39 is 0 Å².